The molecule has 29 heavy (non-hydrogen) atoms. The van der Waals surface area contributed by atoms with Gasteiger partial charge in [-0.2, -0.15) is 0 Å². The first-order valence-corrected chi connectivity index (χ1v) is 11.0. The molecule has 1 heterocycles. The molecule has 1 N–H and O–H groups in total. The van der Waals surface area contributed by atoms with Crippen LogP contribution in [0.15, 0.2) is 53.4 Å². The molecule has 0 spiro atoms. The summed E-state index contributed by atoms with van der Waals surface area (Å²) < 4.78 is 38.7. The number of ether oxygens (including phenoxy) is 2. The number of anilines is 1. The van der Waals surface area contributed by atoms with Gasteiger partial charge in [-0.1, -0.05) is 24.3 Å². The Labute approximate surface area is 171 Å². The van der Waals surface area contributed by atoms with Crippen LogP contribution in [-0.2, 0) is 19.6 Å². The van der Waals surface area contributed by atoms with Crippen molar-refractivity contribution in [3.63, 3.8) is 0 Å². The van der Waals surface area contributed by atoms with Crippen molar-refractivity contribution in [2.24, 2.45) is 0 Å². The third-order valence-electron chi connectivity index (χ3n) is 4.77. The molecule has 1 aliphatic heterocycles. The first kappa shape index (κ1) is 21.1. The first-order chi connectivity index (χ1) is 13.9. The van der Waals surface area contributed by atoms with E-state index in [0.717, 1.165) is 22.7 Å². The minimum Gasteiger partial charge on any atom is -0.495 e. The van der Waals surface area contributed by atoms with Crippen LogP contribution >= 0.6 is 0 Å². The summed E-state index contributed by atoms with van der Waals surface area (Å²) in [6.07, 6.45) is 1.83. The number of aryl methyl sites for hydroxylation is 1. The van der Waals surface area contributed by atoms with Crippen LogP contribution in [0.5, 0.6) is 5.75 Å². The Morgan fingerprint density at radius 1 is 1.24 bits per heavy atom. The summed E-state index contributed by atoms with van der Waals surface area (Å²) >= 11 is 0. The van der Waals surface area contributed by atoms with E-state index in [-0.39, 0.29) is 17.5 Å². The molecule has 3 rings (SSSR count). The van der Waals surface area contributed by atoms with Crippen LogP contribution in [0.1, 0.15) is 18.4 Å². The predicted molar refractivity (Wildman–Crippen MR) is 111 cm³/mol. The summed E-state index contributed by atoms with van der Waals surface area (Å²) in [5.74, 6) is -0.0226. The normalized spacial score (nSPS) is 16.4. The highest BCUT2D eigenvalue weighted by Gasteiger charge is 2.29. The Balaban J connectivity index is 1.91. The second-order valence-corrected chi connectivity index (χ2v) is 8.80. The van der Waals surface area contributed by atoms with Gasteiger partial charge in [0.05, 0.1) is 23.8 Å². The summed E-state index contributed by atoms with van der Waals surface area (Å²) in [7, 11) is -2.50. The molecular weight excluding hydrogens is 392 g/mol. The summed E-state index contributed by atoms with van der Waals surface area (Å²) in [4.78, 5) is 12.7. The highest BCUT2D eigenvalue weighted by molar-refractivity contribution is 7.92. The number of benzene rings is 2. The predicted octanol–water partition coefficient (Wildman–Crippen LogP) is 2.49. The zero-order valence-electron chi connectivity index (χ0n) is 16.6. The van der Waals surface area contributed by atoms with Crippen molar-refractivity contribution in [2.45, 2.75) is 30.8 Å². The summed E-state index contributed by atoms with van der Waals surface area (Å²) in [5.41, 5.74) is 1.18. The van der Waals surface area contributed by atoms with E-state index in [1.165, 1.54) is 19.2 Å². The Bertz CT molecular complexity index is 941. The van der Waals surface area contributed by atoms with Gasteiger partial charge in [-0.15, -0.1) is 0 Å². The van der Waals surface area contributed by atoms with Gasteiger partial charge in [0, 0.05) is 13.2 Å². The maximum atomic E-state index is 13.4. The molecule has 1 unspecified atom stereocenters. The number of carbonyl (C=O) groups is 1. The summed E-state index contributed by atoms with van der Waals surface area (Å²) in [6.45, 7) is 2.55. The minimum absolute atomic E-state index is 0.0216. The molecule has 0 aromatic heterocycles. The van der Waals surface area contributed by atoms with Crippen LogP contribution in [-0.4, -0.2) is 47.2 Å². The number of nitrogens with zero attached hydrogens (tertiary/aromatic N) is 1. The van der Waals surface area contributed by atoms with Gasteiger partial charge in [-0.3, -0.25) is 9.10 Å². The Morgan fingerprint density at radius 2 is 2.00 bits per heavy atom. The Morgan fingerprint density at radius 3 is 2.66 bits per heavy atom. The molecule has 2 aromatic rings. The van der Waals surface area contributed by atoms with Gasteiger partial charge in [0.2, 0.25) is 5.91 Å². The average Bonchev–Trinajstić information content (AvgIpc) is 3.24. The van der Waals surface area contributed by atoms with Crippen LogP contribution < -0.4 is 14.4 Å². The Kier molecular flexibility index (Phi) is 6.76. The highest BCUT2D eigenvalue weighted by atomic mass is 32.2. The fourth-order valence-corrected chi connectivity index (χ4v) is 4.68. The van der Waals surface area contributed by atoms with E-state index in [1.807, 2.05) is 13.0 Å². The second kappa shape index (κ2) is 9.28. The molecule has 0 saturated carbocycles. The SMILES string of the molecule is COc1ccc(C)cc1N(CC(=O)NCC1CCCO1)S(=O)(=O)c1ccccc1. The number of methoxy groups -OCH3 is 1. The van der Waals surface area contributed by atoms with Crippen molar-refractivity contribution < 1.29 is 22.7 Å². The first-order valence-electron chi connectivity index (χ1n) is 9.52. The van der Waals surface area contributed by atoms with E-state index in [1.54, 1.807) is 30.3 Å². The molecule has 1 fully saturated rings. The number of sulfonamides is 1. The van der Waals surface area contributed by atoms with Crippen molar-refractivity contribution in [1.29, 1.82) is 0 Å². The minimum atomic E-state index is -3.97. The average molecular weight is 419 g/mol. The number of carbonyl (C=O) groups excluding carboxylic acids is 1. The zero-order valence-corrected chi connectivity index (χ0v) is 17.4. The van der Waals surface area contributed by atoms with Gasteiger partial charge in [-0.25, -0.2) is 8.42 Å². The highest BCUT2D eigenvalue weighted by Crippen LogP contribution is 2.33. The topological polar surface area (TPSA) is 84.9 Å². The molecule has 1 saturated heterocycles. The number of hydrogen-bond donors (Lipinski definition) is 1. The van der Waals surface area contributed by atoms with E-state index < -0.39 is 15.9 Å². The lowest BCUT2D eigenvalue weighted by molar-refractivity contribution is -0.120. The molecule has 1 atom stereocenters. The molecule has 0 radical (unpaired) electrons. The summed E-state index contributed by atoms with van der Waals surface area (Å²) in [5, 5.41) is 2.79. The van der Waals surface area contributed by atoms with Crippen molar-refractivity contribution in [2.75, 3.05) is 31.1 Å². The van der Waals surface area contributed by atoms with Crippen LogP contribution in [0.25, 0.3) is 0 Å². The largest absolute Gasteiger partial charge is 0.495 e. The molecule has 156 valence electrons. The third-order valence-corrected chi connectivity index (χ3v) is 6.55. The summed E-state index contributed by atoms with van der Waals surface area (Å²) in [6, 6.07) is 13.3. The lowest BCUT2D eigenvalue weighted by atomic mass is 10.2. The lowest BCUT2D eigenvalue weighted by Crippen LogP contribution is -2.43. The number of rotatable bonds is 8. The fourth-order valence-electron chi connectivity index (χ4n) is 3.23. The smallest absolute Gasteiger partial charge is 0.264 e. The van der Waals surface area contributed by atoms with Crippen LogP contribution in [0, 0.1) is 6.92 Å². The lowest BCUT2D eigenvalue weighted by Gasteiger charge is -2.26. The van der Waals surface area contributed by atoms with Gasteiger partial charge in [0.1, 0.15) is 12.3 Å². The van der Waals surface area contributed by atoms with E-state index in [2.05, 4.69) is 5.32 Å². The van der Waals surface area contributed by atoms with Gasteiger partial charge < -0.3 is 14.8 Å². The molecular formula is C21H26N2O5S. The molecule has 0 aliphatic carbocycles. The van der Waals surface area contributed by atoms with E-state index in [4.69, 9.17) is 9.47 Å². The second-order valence-electron chi connectivity index (χ2n) is 6.94. The molecule has 0 bridgehead atoms. The monoisotopic (exact) mass is 418 g/mol. The van der Waals surface area contributed by atoms with Crippen LogP contribution in [0.3, 0.4) is 0 Å². The van der Waals surface area contributed by atoms with Crippen LogP contribution in [0.4, 0.5) is 5.69 Å². The quantitative estimate of drug-likeness (QED) is 0.712. The molecule has 2 aromatic carbocycles. The number of amides is 1. The van der Waals surface area contributed by atoms with Gasteiger partial charge in [-0.05, 0) is 49.6 Å². The van der Waals surface area contributed by atoms with E-state index >= 15 is 0 Å². The van der Waals surface area contributed by atoms with Crippen molar-refractivity contribution >= 4 is 21.6 Å². The van der Waals surface area contributed by atoms with Crippen molar-refractivity contribution in [1.82, 2.24) is 5.32 Å². The third kappa shape index (κ3) is 5.07. The van der Waals surface area contributed by atoms with Crippen LogP contribution in [0.2, 0.25) is 0 Å². The number of nitrogens with one attached hydrogen (secondary N) is 1. The van der Waals surface area contributed by atoms with Gasteiger partial charge in [0.15, 0.2) is 0 Å². The van der Waals surface area contributed by atoms with Gasteiger partial charge >= 0.3 is 0 Å². The molecule has 8 heteroatoms. The standard InChI is InChI=1S/C21H26N2O5S/c1-16-10-11-20(27-2)19(13-16)23(29(25,26)18-8-4-3-5-9-18)15-21(24)22-14-17-7-6-12-28-17/h3-5,8-11,13,17H,6-7,12,14-15H2,1-2H3,(H,22,24). The van der Waals surface area contributed by atoms with E-state index in [0.29, 0.717) is 24.6 Å². The number of hydrogen-bond acceptors (Lipinski definition) is 5. The fraction of sp³-hybridized carbons (Fsp3) is 0.381. The molecule has 7 nitrogen and oxygen atoms in total. The Hall–Kier alpha value is -2.58. The molecule has 1 aliphatic rings. The molecule has 1 amide bonds. The van der Waals surface area contributed by atoms with E-state index in [9.17, 15) is 13.2 Å². The van der Waals surface area contributed by atoms with Crippen molar-refractivity contribution in [3.05, 3.63) is 54.1 Å². The maximum Gasteiger partial charge on any atom is 0.264 e. The maximum absolute atomic E-state index is 13.4. The van der Waals surface area contributed by atoms with Gasteiger partial charge in [0.25, 0.3) is 10.0 Å². The van der Waals surface area contributed by atoms with Crippen molar-refractivity contribution in [3.8, 4) is 5.75 Å². The zero-order chi connectivity index (χ0) is 20.9.